The van der Waals surface area contributed by atoms with E-state index in [1.807, 2.05) is 30.3 Å². The third kappa shape index (κ3) is 2.80. The minimum absolute atomic E-state index is 0.692. The van der Waals surface area contributed by atoms with Crippen molar-refractivity contribution in [1.29, 1.82) is 0 Å². The lowest BCUT2D eigenvalue weighted by molar-refractivity contribution is 0.426. The van der Waals surface area contributed by atoms with Crippen molar-refractivity contribution in [1.82, 2.24) is 0 Å². The van der Waals surface area contributed by atoms with Gasteiger partial charge < -0.3 is 9.47 Å². The summed E-state index contributed by atoms with van der Waals surface area (Å²) in [4.78, 5) is 0. The number of hydrogen-bond acceptors (Lipinski definition) is 2. The number of rotatable bonds is 2. The highest BCUT2D eigenvalue weighted by atomic mass is 16.5. The fourth-order valence-electron chi connectivity index (χ4n) is 0.634. The van der Waals surface area contributed by atoms with Gasteiger partial charge >= 0.3 is 0 Å². The summed E-state index contributed by atoms with van der Waals surface area (Å²) in [7, 11) is 0. The number of hydrogen-bond donors (Lipinski definition) is 0. The third-order valence-corrected chi connectivity index (χ3v) is 1.10. The summed E-state index contributed by atoms with van der Waals surface area (Å²) >= 11 is 0. The number of benzene rings is 1. The van der Waals surface area contributed by atoms with Gasteiger partial charge in [0.25, 0.3) is 0 Å². The fraction of sp³-hybridized carbons (Fsp3) is 0. The van der Waals surface area contributed by atoms with E-state index in [0.717, 1.165) is 0 Å². The van der Waals surface area contributed by atoms with E-state index in [9.17, 15) is 0 Å². The maximum Gasteiger partial charge on any atom is 0.161 e. The quantitative estimate of drug-likeness (QED) is 0.487. The first-order valence-corrected chi connectivity index (χ1v) is 3.42. The lowest BCUT2D eigenvalue weighted by atomic mass is 10.3. The number of ether oxygens (including phenoxy) is 2. The lowest BCUT2D eigenvalue weighted by Crippen LogP contribution is -1.81. The molecule has 0 saturated heterocycles. The van der Waals surface area contributed by atoms with Crippen LogP contribution in [0.15, 0.2) is 43.2 Å². The monoisotopic (exact) mass is 160 g/mol. The standard InChI is InChI=1S/C10H8O2/c1-2-11-8-9-12-10-6-4-3-5-7-10/h2-7H,1H2. The predicted octanol–water partition coefficient (Wildman–Crippen LogP) is 2.14. The SMILES string of the molecule is C=COC#COc1ccccc1. The van der Waals surface area contributed by atoms with Gasteiger partial charge in [0.15, 0.2) is 12.2 Å². The van der Waals surface area contributed by atoms with Gasteiger partial charge in [-0.15, -0.1) is 0 Å². The highest BCUT2D eigenvalue weighted by Gasteiger charge is 1.84. The van der Waals surface area contributed by atoms with Crippen molar-refractivity contribution in [3.05, 3.63) is 43.2 Å². The Kier molecular flexibility index (Phi) is 3.33. The van der Waals surface area contributed by atoms with Crippen molar-refractivity contribution in [2.75, 3.05) is 0 Å². The second-order valence-corrected chi connectivity index (χ2v) is 1.90. The van der Waals surface area contributed by atoms with Crippen molar-refractivity contribution in [3.8, 4) is 18.0 Å². The lowest BCUT2D eigenvalue weighted by Gasteiger charge is -1.92. The molecule has 0 N–H and O–H groups in total. The maximum absolute atomic E-state index is 4.97. The van der Waals surface area contributed by atoms with Crippen LogP contribution in [-0.2, 0) is 4.74 Å². The van der Waals surface area contributed by atoms with Gasteiger partial charge in [-0.25, -0.2) is 0 Å². The molecule has 0 aliphatic heterocycles. The fourth-order valence-corrected chi connectivity index (χ4v) is 0.634. The molecule has 60 valence electrons. The molecule has 0 bridgehead atoms. The van der Waals surface area contributed by atoms with Crippen LogP contribution in [0.2, 0.25) is 0 Å². The van der Waals surface area contributed by atoms with E-state index in [1.54, 1.807) is 0 Å². The molecule has 1 aromatic carbocycles. The van der Waals surface area contributed by atoms with Crippen molar-refractivity contribution in [2.24, 2.45) is 0 Å². The molecule has 12 heavy (non-hydrogen) atoms. The van der Waals surface area contributed by atoms with E-state index < -0.39 is 0 Å². The van der Waals surface area contributed by atoms with Gasteiger partial charge in [0.2, 0.25) is 0 Å². The molecule has 1 rings (SSSR count). The molecular formula is C10H8O2. The molecule has 0 atom stereocenters. The van der Waals surface area contributed by atoms with E-state index >= 15 is 0 Å². The molecule has 0 aliphatic carbocycles. The summed E-state index contributed by atoms with van der Waals surface area (Å²) in [5.74, 6) is 0.692. The molecule has 0 aliphatic rings. The van der Waals surface area contributed by atoms with Crippen LogP contribution in [0.1, 0.15) is 0 Å². The number of para-hydroxylation sites is 1. The van der Waals surface area contributed by atoms with Crippen molar-refractivity contribution in [2.45, 2.75) is 0 Å². The topological polar surface area (TPSA) is 18.5 Å². The second kappa shape index (κ2) is 4.86. The molecule has 1 aromatic rings. The van der Waals surface area contributed by atoms with Gasteiger partial charge in [0.05, 0.1) is 6.26 Å². The van der Waals surface area contributed by atoms with E-state index in [1.165, 1.54) is 6.26 Å². The van der Waals surface area contributed by atoms with Crippen molar-refractivity contribution in [3.63, 3.8) is 0 Å². The largest absolute Gasteiger partial charge is 0.414 e. The van der Waals surface area contributed by atoms with Crippen molar-refractivity contribution >= 4 is 0 Å². The van der Waals surface area contributed by atoms with Crippen LogP contribution < -0.4 is 4.74 Å². The maximum atomic E-state index is 4.97. The Balaban J connectivity index is 2.44. The zero-order valence-electron chi connectivity index (χ0n) is 6.49. The highest BCUT2D eigenvalue weighted by Crippen LogP contribution is 2.06. The van der Waals surface area contributed by atoms with Crippen molar-refractivity contribution < 1.29 is 9.47 Å². The first kappa shape index (κ1) is 8.22. The van der Waals surface area contributed by atoms with Gasteiger partial charge in [-0.05, 0) is 12.1 Å². The Morgan fingerprint density at radius 1 is 1.17 bits per heavy atom. The van der Waals surface area contributed by atoms with Crippen LogP contribution in [0.5, 0.6) is 5.75 Å². The molecule has 2 nitrogen and oxygen atoms in total. The Morgan fingerprint density at radius 2 is 1.92 bits per heavy atom. The Hall–Kier alpha value is -1.88. The highest BCUT2D eigenvalue weighted by molar-refractivity contribution is 5.22. The third-order valence-electron chi connectivity index (χ3n) is 1.10. The van der Waals surface area contributed by atoms with Crippen LogP contribution in [0, 0.1) is 12.2 Å². The summed E-state index contributed by atoms with van der Waals surface area (Å²) in [5, 5.41) is 0. The minimum Gasteiger partial charge on any atom is -0.414 e. The molecule has 0 spiro atoms. The zero-order chi connectivity index (χ0) is 8.65. The Morgan fingerprint density at radius 3 is 2.58 bits per heavy atom. The van der Waals surface area contributed by atoms with E-state index in [2.05, 4.69) is 23.5 Å². The van der Waals surface area contributed by atoms with Crippen LogP contribution >= 0.6 is 0 Å². The van der Waals surface area contributed by atoms with Crippen LogP contribution in [0.4, 0.5) is 0 Å². The Labute approximate surface area is 71.4 Å². The summed E-state index contributed by atoms with van der Waals surface area (Å²) < 4.78 is 9.51. The van der Waals surface area contributed by atoms with E-state index in [4.69, 9.17) is 4.74 Å². The van der Waals surface area contributed by atoms with Gasteiger partial charge in [-0.3, -0.25) is 0 Å². The molecule has 0 amide bonds. The van der Waals surface area contributed by atoms with Crippen LogP contribution in [-0.4, -0.2) is 0 Å². The first-order valence-electron chi connectivity index (χ1n) is 3.42. The van der Waals surface area contributed by atoms with Crippen LogP contribution in [0.25, 0.3) is 0 Å². The summed E-state index contributed by atoms with van der Waals surface area (Å²) in [6.45, 7) is 3.32. The van der Waals surface area contributed by atoms with Gasteiger partial charge in [0.1, 0.15) is 5.75 Å². The molecule has 0 fully saturated rings. The average Bonchev–Trinajstić information content (AvgIpc) is 2.14. The van der Waals surface area contributed by atoms with Gasteiger partial charge in [-0.2, -0.15) is 0 Å². The second-order valence-electron chi connectivity index (χ2n) is 1.90. The van der Waals surface area contributed by atoms with E-state index in [-0.39, 0.29) is 0 Å². The molecular weight excluding hydrogens is 152 g/mol. The molecule has 2 heteroatoms. The van der Waals surface area contributed by atoms with Gasteiger partial charge in [-0.1, -0.05) is 24.8 Å². The predicted molar refractivity (Wildman–Crippen MR) is 46.1 cm³/mol. The first-order chi connectivity index (χ1) is 5.93. The summed E-state index contributed by atoms with van der Waals surface area (Å²) in [6.07, 6.45) is 5.89. The Bertz CT molecular complexity index is 293. The zero-order valence-corrected chi connectivity index (χ0v) is 6.49. The molecule has 0 saturated carbocycles. The molecule has 0 heterocycles. The summed E-state index contributed by atoms with van der Waals surface area (Å²) in [5.41, 5.74) is 0. The molecule has 0 radical (unpaired) electrons. The van der Waals surface area contributed by atoms with E-state index in [0.29, 0.717) is 5.75 Å². The molecule has 0 unspecified atom stereocenters. The minimum atomic E-state index is 0.692. The molecule has 0 aromatic heterocycles. The van der Waals surface area contributed by atoms with Crippen LogP contribution in [0.3, 0.4) is 0 Å². The summed E-state index contributed by atoms with van der Waals surface area (Å²) in [6, 6.07) is 9.25. The smallest absolute Gasteiger partial charge is 0.161 e. The normalized spacial score (nSPS) is 7.67. The average molecular weight is 160 g/mol. The van der Waals surface area contributed by atoms with Gasteiger partial charge in [0, 0.05) is 0 Å².